The van der Waals surface area contributed by atoms with Gasteiger partial charge in [-0.1, -0.05) is 24.3 Å². The van der Waals surface area contributed by atoms with Crippen LogP contribution in [0.15, 0.2) is 59.3 Å². The number of amides is 1. The summed E-state index contributed by atoms with van der Waals surface area (Å²) in [4.78, 5) is 17.3. The molecule has 0 saturated heterocycles. The molecular weight excluding hydrogens is 400 g/mol. The molecule has 0 N–H and O–H groups in total. The van der Waals surface area contributed by atoms with Crippen LogP contribution < -0.4 is 4.74 Å². The lowest BCUT2D eigenvalue weighted by atomic mass is 9.98. The Kier molecular flexibility index (Phi) is 5.54. The number of rotatable bonds is 5. The van der Waals surface area contributed by atoms with Crippen molar-refractivity contribution >= 4 is 34.7 Å². The number of hydrogen-bond acceptors (Lipinski definition) is 4. The van der Waals surface area contributed by atoms with Gasteiger partial charge in [0.25, 0.3) is 0 Å². The summed E-state index contributed by atoms with van der Waals surface area (Å²) in [6.45, 7) is -2.29. The van der Waals surface area contributed by atoms with E-state index in [1.54, 1.807) is 40.9 Å². The maximum atomic E-state index is 13.0. The molecule has 1 aliphatic heterocycles. The van der Waals surface area contributed by atoms with Gasteiger partial charge < -0.3 is 9.64 Å². The Bertz CT molecular complexity index is 982. The van der Waals surface area contributed by atoms with E-state index >= 15 is 0 Å². The molecule has 0 radical (unpaired) electrons. The minimum absolute atomic E-state index is 0.0510. The Balaban J connectivity index is 1.60. The van der Waals surface area contributed by atoms with Crippen molar-refractivity contribution < 1.29 is 18.3 Å². The van der Waals surface area contributed by atoms with Crippen molar-refractivity contribution in [3.05, 3.63) is 80.2 Å². The van der Waals surface area contributed by atoms with Gasteiger partial charge in [0, 0.05) is 27.9 Å². The molecule has 7 heteroatoms. The molecule has 3 nitrogen and oxygen atoms in total. The first-order valence-electron chi connectivity index (χ1n) is 8.75. The molecule has 1 amide bonds. The van der Waals surface area contributed by atoms with E-state index in [1.165, 1.54) is 28.7 Å². The number of fused-ring (bicyclic) bond motifs is 1. The van der Waals surface area contributed by atoms with Gasteiger partial charge in [-0.3, -0.25) is 4.79 Å². The van der Waals surface area contributed by atoms with Crippen LogP contribution in [0.1, 0.15) is 26.9 Å². The second kappa shape index (κ2) is 8.24. The Labute approximate surface area is 169 Å². The molecule has 2 aromatic heterocycles. The van der Waals surface area contributed by atoms with Crippen LogP contribution in [-0.2, 0) is 11.2 Å². The third kappa shape index (κ3) is 3.86. The highest BCUT2D eigenvalue weighted by Gasteiger charge is 2.32. The average molecular weight is 418 g/mol. The smallest absolute Gasteiger partial charge is 0.387 e. The van der Waals surface area contributed by atoms with Gasteiger partial charge in [-0.15, -0.1) is 22.7 Å². The predicted octanol–water partition coefficient (Wildman–Crippen LogP) is 5.60. The summed E-state index contributed by atoms with van der Waals surface area (Å²) in [5.74, 6) is -0.0998. The zero-order chi connectivity index (χ0) is 19.5. The zero-order valence-corrected chi connectivity index (χ0v) is 16.4. The number of para-hydroxylation sites is 1. The summed E-state index contributed by atoms with van der Waals surface area (Å²) in [6, 6.07) is 12.4. The summed E-state index contributed by atoms with van der Waals surface area (Å²) in [6.07, 6.45) is 3.79. The van der Waals surface area contributed by atoms with Crippen molar-refractivity contribution in [1.82, 2.24) is 4.90 Å². The number of carbonyl (C=O) groups is 1. The fourth-order valence-corrected chi connectivity index (χ4v) is 5.14. The van der Waals surface area contributed by atoms with Gasteiger partial charge in [-0.05, 0) is 47.0 Å². The van der Waals surface area contributed by atoms with E-state index in [1.807, 2.05) is 22.4 Å². The van der Waals surface area contributed by atoms with Gasteiger partial charge in [0.2, 0.25) is 5.91 Å². The molecule has 1 unspecified atom stereocenters. The van der Waals surface area contributed by atoms with Crippen LogP contribution in [0.25, 0.3) is 6.08 Å². The van der Waals surface area contributed by atoms with E-state index in [-0.39, 0.29) is 17.7 Å². The molecule has 0 spiro atoms. The monoisotopic (exact) mass is 417 g/mol. The number of nitrogens with zero attached hydrogens (tertiary/aromatic N) is 1. The third-order valence-electron chi connectivity index (χ3n) is 4.60. The van der Waals surface area contributed by atoms with Crippen LogP contribution in [0.3, 0.4) is 0 Å². The molecule has 3 heterocycles. The molecule has 1 aromatic carbocycles. The molecule has 0 fully saturated rings. The lowest BCUT2D eigenvalue weighted by molar-refractivity contribution is -0.127. The topological polar surface area (TPSA) is 29.5 Å². The van der Waals surface area contributed by atoms with Crippen molar-refractivity contribution in [3.63, 3.8) is 0 Å². The highest BCUT2D eigenvalue weighted by atomic mass is 32.1. The highest BCUT2D eigenvalue weighted by Crippen LogP contribution is 2.39. The van der Waals surface area contributed by atoms with E-state index in [2.05, 4.69) is 16.2 Å². The quantitative estimate of drug-likeness (QED) is 0.506. The van der Waals surface area contributed by atoms with E-state index < -0.39 is 6.61 Å². The Morgan fingerprint density at radius 1 is 1.14 bits per heavy atom. The number of thiophene rings is 2. The summed E-state index contributed by atoms with van der Waals surface area (Å²) >= 11 is 3.34. The molecule has 4 rings (SSSR count). The number of benzene rings is 1. The van der Waals surface area contributed by atoms with Crippen LogP contribution in [0.5, 0.6) is 5.75 Å². The molecular formula is C21H17F2NO2S2. The van der Waals surface area contributed by atoms with Gasteiger partial charge in [-0.2, -0.15) is 8.78 Å². The van der Waals surface area contributed by atoms with Gasteiger partial charge in [0.1, 0.15) is 5.75 Å². The van der Waals surface area contributed by atoms with Crippen LogP contribution in [-0.4, -0.2) is 24.0 Å². The number of alkyl halides is 2. The molecule has 0 bridgehead atoms. The van der Waals surface area contributed by atoms with Crippen molar-refractivity contribution in [2.24, 2.45) is 0 Å². The van der Waals surface area contributed by atoms with Crippen LogP contribution >= 0.6 is 22.7 Å². The van der Waals surface area contributed by atoms with Gasteiger partial charge in [-0.25, -0.2) is 0 Å². The minimum atomic E-state index is -2.91. The SMILES string of the molecule is O=C(/C=C/c1ccccc1OC(F)F)N1CCc2sccc2C1c1cccs1. The first-order chi connectivity index (χ1) is 13.6. The number of halogens is 2. The zero-order valence-electron chi connectivity index (χ0n) is 14.8. The Morgan fingerprint density at radius 2 is 2.00 bits per heavy atom. The number of carbonyl (C=O) groups excluding carboxylic acids is 1. The highest BCUT2D eigenvalue weighted by molar-refractivity contribution is 7.10. The number of hydrogen-bond donors (Lipinski definition) is 0. The van der Waals surface area contributed by atoms with E-state index in [4.69, 9.17) is 0 Å². The Morgan fingerprint density at radius 3 is 2.79 bits per heavy atom. The van der Waals surface area contributed by atoms with Crippen molar-refractivity contribution in [3.8, 4) is 5.75 Å². The summed E-state index contributed by atoms with van der Waals surface area (Å²) in [5, 5.41) is 4.07. The van der Waals surface area contributed by atoms with Crippen molar-refractivity contribution in [1.29, 1.82) is 0 Å². The van der Waals surface area contributed by atoms with Crippen molar-refractivity contribution in [2.75, 3.05) is 6.54 Å². The first-order valence-corrected chi connectivity index (χ1v) is 10.5. The van der Waals surface area contributed by atoms with Gasteiger partial charge >= 0.3 is 6.61 Å². The second-order valence-electron chi connectivity index (χ2n) is 6.25. The summed E-state index contributed by atoms with van der Waals surface area (Å²) in [7, 11) is 0. The predicted molar refractivity (Wildman–Crippen MR) is 108 cm³/mol. The van der Waals surface area contributed by atoms with Gasteiger partial charge in [0.05, 0.1) is 6.04 Å². The molecule has 144 valence electrons. The molecule has 28 heavy (non-hydrogen) atoms. The largest absolute Gasteiger partial charge is 0.434 e. The normalized spacial score (nSPS) is 16.5. The average Bonchev–Trinajstić information content (AvgIpc) is 3.37. The third-order valence-corrected chi connectivity index (χ3v) is 6.52. The molecule has 1 aliphatic rings. The molecule has 1 atom stereocenters. The van der Waals surface area contributed by atoms with Crippen molar-refractivity contribution in [2.45, 2.75) is 19.1 Å². The van der Waals surface area contributed by atoms with Crippen LogP contribution in [0.2, 0.25) is 0 Å². The lowest BCUT2D eigenvalue weighted by Gasteiger charge is -2.34. The minimum Gasteiger partial charge on any atom is -0.434 e. The van der Waals surface area contributed by atoms with Crippen LogP contribution in [0, 0.1) is 0 Å². The molecule has 3 aromatic rings. The van der Waals surface area contributed by atoms with E-state index in [0.717, 1.165) is 11.3 Å². The summed E-state index contributed by atoms with van der Waals surface area (Å²) < 4.78 is 29.7. The fourth-order valence-electron chi connectivity index (χ4n) is 3.39. The van der Waals surface area contributed by atoms with E-state index in [9.17, 15) is 13.6 Å². The first kappa shape index (κ1) is 18.8. The second-order valence-corrected chi connectivity index (χ2v) is 8.23. The van der Waals surface area contributed by atoms with Crippen LogP contribution in [0.4, 0.5) is 8.78 Å². The Hall–Kier alpha value is -2.51. The number of ether oxygens (including phenoxy) is 1. The maximum absolute atomic E-state index is 13.0. The molecule has 0 saturated carbocycles. The standard InChI is InChI=1S/C21H17F2NO2S2/c22-21(23)26-16-5-2-1-4-14(16)7-8-19(25)24-11-9-17-15(10-13-28-17)20(24)18-6-3-12-27-18/h1-8,10,12-13,20-21H,9,11H2/b8-7+. The van der Waals surface area contributed by atoms with E-state index in [0.29, 0.717) is 12.1 Å². The van der Waals surface area contributed by atoms with Gasteiger partial charge in [0.15, 0.2) is 0 Å². The summed E-state index contributed by atoms with van der Waals surface area (Å²) in [5.41, 5.74) is 1.61. The molecule has 0 aliphatic carbocycles. The maximum Gasteiger partial charge on any atom is 0.387 e. The fraction of sp³-hybridized carbons (Fsp3) is 0.190. The lowest BCUT2D eigenvalue weighted by Crippen LogP contribution is -2.38.